The number of aromatic nitrogens is 2. The topological polar surface area (TPSA) is 92.1 Å². The Labute approximate surface area is 167 Å². The van der Waals surface area contributed by atoms with E-state index in [9.17, 15) is 18.3 Å². The summed E-state index contributed by atoms with van der Waals surface area (Å²) in [6, 6.07) is 12.8. The zero-order chi connectivity index (χ0) is 20.5. The molecule has 0 aliphatic rings. The molecule has 2 aromatic carbocycles. The first-order chi connectivity index (χ1) is 13.2. The zero-order valence-corrected chi connectivity index (χ0v) is 16.5. The third-order valence-electron chi connectivity index (χ3n) is 4.14. The molecule has 0 aliphatic carbocycles. The van der Waals surface area contributed by atoms with Gasteiger partial charge in [0, 0.05) is 22.4 Å². The molecule has 0 atom stereocenters. The van der Waals surface area contributed by atoms with E-state index in [0.717, 1.165) is 6.26 Å². The van der Waals surface area contributed by atoms with Gasteiger partial charge in [0.15, 0.2) is 9.84 Å². The second-order valence-corrected chi connectivity index (χ2v) is 8.59. The van der Waals surface area contributed by atoms with Crippen molar-refractivity contribution >= 4 is 27.4 Å². The van der Waals surface area contributed by atoms with Gasteiger partial charge in [-0.25, -0.2) is 8.42 Å². The van der Waals surface area contributed by atoms with Crippen LogP contribution in [0.4, 0.5) is 0 Å². The van der Waals surface area contributed by atoms with Crippen LogP contribution in [-0.4, -0.2) is 30.4 Å². The average molecular weight is 416 g/mol. The van der Waals surface area contributed by atoms with E-state index < -0.39 is 15.8 Å². The van der Waals surface area contributed by atoms with Gasteiger partial charge in [-0.1, -0.05) is 41.9 Å². The van der Waals surface area contributed by atoms with Crippen molar-refractivity contribution in [2.45, 2.75) is 11.4 Å². The van der Waals surface area contributed by atoms with E-state index >= 15 is 0 Å². The molecule has 1 heterocycles. The average Bonchev–Trinajstić information content (AvgIpc) is 3.01. The summed E-state index contributed by atoms with van der Waals surface area (Å²) >= 11 is 5.95. The predicted octanol–water partition coefficient (Wildman–Crippen LogP) is 2.82. The van der Waals surface area contributed by atoms with Gasteiger partial charge in [-0.2, -0.15) is 5.10 Å². The van der Waals surface area contributed by atoms with E-state index in [2.05, 4.69) is 11.7 Å². The minimum absolute atomic E-state index is 0.0931. The van der Waals surface area contributed by atoms with Gasteiger partial charge in [0.25, 0.3) is 0 Å². The second kappa shape index (κ2) is 7.61. The number of carboxylic acids is 1. The molecule has 0 amide bonds. The van der Waals surface area contributed by atoms with Crippen LogP contribution in [0.2, 0.25) is 5.02 Å². The molecule has 0 saturated carbocycles. The summed E-state index contributed by atoms with van der Waals surface area (Å²) in [5.41, 5.74) is 1.84. The lowest BCUT2D eigenvalue weighted by Crippen LogP contribution is -2.26. The Morgan fingerprint density at radius 2 is 1.71 bits per heavy atom. The number of nitrogens with zero attached hydrogens (tertiary/aromatic N) is 2. The Kier molecular flexibility index (Phi) is 5.40. The van der Waals surface area contributed by atoms with E-state index in [0.29, 0.717) is 27.4 Å². The molecule has 0 unspecified atom stereocenters. The number of hydrogen-bond acceptors (Lipinski definition) is 5. The highest BCUT2D eigenvalue weighted by molar-refractivity contribution is 7.90. The molecular weight excluding hydrogens is 400 g/mol. The van der Waals surface area contributed by atoms with Gasteiger partial charge in [0.05, 0.1) is 23.1 Å². The zero-order valence-electron chi connectivity index (χ0n) is 14.9. The lowest BCUT2D eigenvalue weighted by atomic mass is 9.99. The Morgan fingerprint density at radius 1 is 1.14 bits per heavy atom. The number of halogens is 1. The van der Waals surface area contributed by atoms with Crippen molar-refractivity contribution in [3.8, 4) is 22.4 Å². The van der Waals surface area contributed by atoms with Gasteiger partial charge in [-0.05, 0) is 29.8 Å². The van der Waals surface area contributed by atoms with Gasteiger partial charge in [-0.3, -0.25) is 4.68 Å². The fourth-order valence-corrected chi connectivity index (χ4v) is 3.63. The Bertz CT molecular complexity index is 1150. The lowest BCUT2D eigenvalue weighted by molar-refractivity contribution is -0.255. The molecule has 3 aromatic rings. The first kappa shape index (κ1) is 19.9. The number of carboxylic acid groups (broad SMARTS) is 1. The smallest absolute Gasteiger partial charge is 0.175 e. The molecule has 28 heavy (non-hydrogen) atoms. The highest BCUT2D eigenvalue weighted by atomic mass is 35.5. The predicted molar refractivity (Wildman–Crippen MR) is 106 cm³/mol. The highest BCUT2D eigenvalue weighted by Gasteiger charge is 2.21. The number of aromatic carboxylic acids is 1. The van der Waals surface area contributed by atoms with Crippen molar-refractivity contribution in [3.05, 3.63) is 71.9 Å². The summed E-state index contributed by atoms with van der Waals surface area (Å²) < 4.78 is 24.7. The normalized spacial score (nSPS) is 11.4. The van der Waals surface area contributed by atoms with E-state index in [1.807, 2.05) is 0 Å². The van der Waals surface area contributed by atoms with Crippen molar-refractivity contribution in [1.82, 2.24) is 9.78 Å². The van der Waals surface area contributed by atoms with E-state index in [4.69, 9.17) is 11.6 Å². The molecule has 0 bridgehead atoms. The number of carbonyl (C=O) groups is 1. The quantitative estimate of drug-likeness (QED) is 0.577. The first-order valence-corrected chi connectivity index (χ1v) is 10.5. The lowest BCUT2D eigenvalue weighted by Gasteiger charge is -2.10. The minimum atomic E-state index is -3.35. The molecule has 0 radical (unpaired) electrons. The van der Waals surface area contributed by atoms with Gasteiger partial charge < -0.3 is 9.90 Å². The SMILES string of the molecule is C=CCn1nc(-c2ccc(S(C)(=O)=O)cc2)c(-c2ccc(Cl)cc2)c1C(=O)[O-]. The van der Waals surface area contributed by atoms with Gasteiger partial charge in [0.2, 0.25) is 0 Å². The Balaban J connectivity index is 2.28. The number of sulfone groups is 1. The van der Waals surface area contributed by atoms with Gasteiger partial charge in [0.1, 0.15) is 5.69 Å². The van der Waals surface area contributed by atoms with Crippen LogP contribution in [0.3, 0.4) is 0 Å². The number of rotatable bonds is 6. The molecule has 3 rings (SSSR count). The minimum Gasteiger partial charge on any atom is -0.543 e. The van der Waals surface area contributed by atoms with Crippen LogP contribution in [0.25, 0.3) is 22.4 Å². The van der Waals surface area contributed by atoms with Crippen LogP contribution in [0, 0.1) is 0 Å². The summed E-state index contributed by atoms with van der Waals surface area (Å²) in [7, 11) is -3.35. The molecule has 8 heteroatoms. The first-order valence-electron chi connectivity index (χ1n) is 8.22. The Morgan fingerprint density at radius 3 is 2.21 bits per heavy atom. The molecule has 1 aromatic heterocycles. The maximum absolute atomic E-state index is 11.9. The number of hydrogen-bond donors (Lipinski definition) is 0. The van der Waals surface area contributed by atoms with Crippen LogP contribution >= 0.6 is 11.6 Å². The molecule has 0 N–H and O–H groups in total. The Hall–Kier alpha value is -2.90. The van der Waals surface area contributed by atoms with Crippen LogP contribution in [-0.2, 0) is 16.4 Å². The highest BCUT2D eigenvalue weighted by Crippen LogP contribution is 2.35. The number of carbonyl (C=O) groups excluding carboxylic acids is 1. The van der Waals surface area contributed by atoms with E-state index in [1.54, 1.807) is 36.4 Å². The van der Waals surface area contributed by atoms with Crippen molar-refractivity contribution in [1.29, 1.82) is 0 Å². The molecule has 6 nitrogen and oxygen atoms in total. The summed E-state index contributed by atoms with van der Waals surface area (Å²) in [5.74, 6) is -1.38. The molecule has 0 fully saturated rings. The van der Waals surface area contributed by atoms with Crippen molar-refractivity contribution in [3.63, 3.8) is 0 Å². The molecule has 0 spiro atoms. The van der Waals surface area contributed by atoms with Crippen LogP contribution in [0.5, 0.6) is 0 Å². The maximum atomic E-state index is 11.9. The summed E-state index contributed by atoms with van der Waals surface area (Å²) in [6.45, 7) is 3.80. The molecule has 0 aliphatic heterocycles. The largest absolute Gasteiger partial charge is 0.543 e. The van der Waals surface area contributed by atoms with Crippen LogP contribution in [0.15, 0.2) is 66.1 Å². The fourth-order valence-electron chi connectivity index (χ4n) is 2.88. The summed E-state index contributed by atoms with van der Waals surface area (Å²) in [4.78, 5) is 12.0. The third-order valence-corrected chi connectivity index (χ3v) is 5.52. The standard InChI is InChI=1S/C20H17ClN2O4S/c1-3-12-23-19(20(24)25)17(13-4-8-15(21)9-5-13)18(22-23)14-6-10-16(11-7-14)28(2,26)27/h3-11H,1,12H2,2H3,(H,24,25)/p-1. The third kappa shape index (κ3) is 3.85. The van der Waals surface area contributed by atoms with E-state index in [1.165, 1.54) is 22.9 Å². The van der Waals surface area contributed by atoms with Gasteiger partial charge in [-0.15, -0.1) is 6.58 Å². The maximum Gasteiger partial charge on any atom is 0.175 e. The molecule has 0 saturated heterocycles. The molecular formula is C20H16ClN2O4S-. The number of benzene rings is 2. The number of allylic oxidation sites excluding steroid dienone is 1. The summed E-state index contributed by atoms with van der Waals surface area (Å²) in [6.07, 6.45) is 2.65. The van der Waals surface area contributed by atoms with Crippen molar-refractivity contribution in [2.24, 2.45) is 0 Å². The second-order valence-electron chi connectivity index (χ2n) is 6.13. The van der Waals surface area contributed by atoms with E-state index in [-0.39, 0.29) is 17.1 Å². The van der Waals surface area contributed by atoms with Crippen LogP contribution < -0.4 is 5.11 Å². The fraction of sp³-hybridized carbons (Fsp3) is 0.100. The monoisotopic (exact) mass is 415 g/mol. The summed E-state index contributed by atoms with van der Waals surface area (Å²) in [5, 5.41) is 16.8. The van der Waals surface area contributed by atoms with Gasteiger partial charge >= 0.3 is 0 Å². The van der Waals surface area contributed by atoms with Crippen molar-refractivity contribution in [2.75, 3.05) is 6.26 Å². The van der Waals surface area contributed by atoms with Crippen molar-refractivity contribution < 1.29 is 18.3 Å². The van der Waals surface area contributed by atoms with Crippen LogP contribution in [0.1, 0.15) is 10.5 Å². The molecule has 144 valence electrons.